The summed E-state index contributed by atoms with van der Waals surface area (Å²) >= 11 is 0. The van der Waals surface area contributed by atoms with Crippen LogP contribution >= 0.6 is 0 Å². The van der Waals surface area contributed by atoms with Crippen molar-refractivity contribution in [1.82, 2.24) is 9.38 Å². The van der Waals surface area contributed by atoms with Crippen LogP contribution < -0.4 is 4.90 Å². The summed E-state index contributed by atoms with van der Waals surface area (Å²) in [5.41, 5.74) is 4.09. The number of benzene rings is 1. The number of imidazole rings is 1. The zero-order valence-electron chi connectivity index (χ0n) is 12.3. The summed E-state index contributed by atoms with van der Waals surface area (Å²) in [6.07, 6.45) is 0.480. The maximum atomic E-state index is 9.85. The van der Waals surface area contributed by atoms with Gasteiger partial charge in [-0.25, -0.2) is 4.98 Å². The quantitative estimate of drug-likeness (QED) is 0.747. The molecule has 2 aromatic heterocycles. The molecule has 5 heteroatoms. The predicted octanol–water partition coefficient (Wildman–Crippen LogP) is 2.24. The molecule has 1 saturated heterocycles. The van der Waals surface area contributed by atoms with E-state index in [9.17, 15) is 10.4 Å². The van der Waals surface area contributed by atoms with E-state index in [2.05, 4.69) is 16.0 Å². The number of β-amino-alcohol motifs (C(OH)–C–C–N with tert-alkyl or cyclic N) is 1. The Labute approximate surface area is 128 Å². The monoisotopic (exact) mass is 292 g/mol. The van der Waals surface area contributed by atoms with Gasteiger partial charge in [0.05, 0.1) is 22.7 Å². The van der Waals surface area contributed by atoms with Crippen LogP contribution in [0.4, 0.5) is 5.82 Å². The normalized spacial score (nSPS) is 18.2. The maximum absolute atomic E-state index is 9.85. The van der Waals surface area contributed by atoms with E-state index in [4.69, 9.17) is 0 Å². The molecule has 1 aromatic carbocycles. The molecule has 0 amide bonds. The molecule has 1 N–H and O–H groups in total. The third kappa shape index (κ3) is 1.78. The highest BCUT2D eigenvalue weighted by atomic mass is 16.3. The van der Waals surface area contributed by atoms with E-state index < -0.39 is 0 Å². The molecule has 5 nitrogen and oxygen atoms in total. The number of pyridine rings is 1. The highest BCUT2D eigenvalue weighted by molar-refractivity contribution is 5.85. The molecular weight excluding hydrogens is 276 g/mol. The van der Waals surface area contributed by atoms with Crippen LogP contribution in [0.3, 0.4) is 0 Å². The van der Waals surface area contributed by atoms with E-state index in [0.717, 1.165) is 35.4 Å². The van der Waals surface area contributed by atoms with Crippen LogP contribution in [0.2, 0.25) is 0 Å². The predicted molar refractivity (Wildman–Crippen MR) is 85.0 cm³/mol. The second kappa shape index (κ2) is 4.72. The molecule has 1 aliphatic heterocycles. The van der Waals surface area contributed by atoms with Crippen molar-refractivity contribution in [3.63, 3.8) is 0 Å². The van der Waals surface area contributed by atoms with Crippen molar-refractivity contribution in [2.45, 2.75) is 19.4 Å². The van der Waals surface area contributed by atoms with E-state index in [1.165, 1.54) is 0 Å². The summed E-state index contributed by atoms with van der Waals surface area (Å²) in [6, 6.07) is 12.2. The Bertz CT molecular complexity index is 922. The Kier molecular flexibility index (Phi) is 2.81. The average molecular weight is 292 g/mol. The van der Waals surface area contributed by atoms with Crippen LogP contribution in [0.15, 0.2) is 30.3 Å². The van der Waals surface area contributed by atoms with Gasteiger partial charge < -0.3 is 10.0 Å². The van der Waals surface area contributed by atoms with Crippen molar-refractivity contribution in [3.05, 3.63) is 41.5 Å². The Morgan fingerprint density at radius 2 is 2.18 bits per heavy atom. The maximum Gasteiger partial charge on any atom is 0.157 e. The lowest BCUT2D eigenvalue weighted by Gasteiger charge is -2.21. The zero-order valence-corrected chi connectivity index (χ0v) is 12.3. The van der Waals surface area contributed by atoms with Crippen LogP contribution in [0.5, 0.6) is 0 Å². The van der Waals surface area contributed by atoms with Crippen molar-refractivity contribution in [2.24, 2.45) is 0 Å². The molecule has 0 unspecified atom stereocenters. The Morgan fingerprint density at radius 1 is 1.36 bits per heavy atom. The van der Waals surface area contributed by atoms with Gasteiger partial charge >= 0.3 is 0 Å². The van der Waals surface area contributed by atoms with Crippen molar-refractivity contribution in [3.8, 4) is 6.07 Å². The van der Waals surface area contributed by atoms with Gasteiger partial charge in [-0.05, 0) is 37.1 Å². The minimum absolute atomic E-state index is 0.291. The summed E-state index contributed by atoms with van der Waals surface area (Å²) in [7, 11) is 0. The number of aliphatic hydroxyl groups excluding tert-OH is 1. The summed E-state index contributed by atoms with van der Waals surface area (Å²) in [4.78, 5) is 6.82. The zero-order chi connectivity index (χ0) is 15.3. The van der Waals surface area contributed by atoms with Gasteiger partial charge in [0.25, 0.3) is 0 Å². The van der Waals surface area contributed by atoms with Gasteiger partial charge in [-0.15, -0.1) is 0 Å². The minimum Gasteiger partial charge on any atom is -0.391 e. The fourth-order valence-corrected chi connectivity index (χ4v) is 3.25. The lowest BCUT2D eigenvalue weighted by atomic mass is 10.1. The molecule has 0 bridgehead atoms. The Morgan fingerprint density at radius 3 is 2.91 bits per heavy atom. The third-order valence-electron chi connectivity index (χ3n) is 4.35. The van der Waals surface area contributed by atoms with Gasteiger partial charge in [0.15, 0.2) is 5.65 Å². The molecule has 0 aliphatic carbocycles. The first-order chi connectivity index (χ1) is 10.7. The highest BCUT2D eigenvalue weighted by Crippen LogP contribution is 2.30. The highest BCUT2D eigenvalue weighted by Gasteiger charge is 2.24. The van der Waals surface area contributed by atoms with E-state index in [1.54, 1.807) is 0 Å². The van der Waals surface area contributed by atoms with Gasteiger partial charge in [0, 0.05) is 13.1 Å². The number of fused-ring (bicyclic) bond motifs is 3. The molecule has 1 aliphatic rings. The molecule has 1 fully saturated rings. The molecule has 0 saturated carbocycles. The first-order valence-corrected chi connectivity index (χ1v) is 7.43. The summed E-state index contributed by atoms with van der Waals surface area (Å²) in [5.74, 6) is 0.997. The molecular formula is C17H16N4O. The molecule has 0 spiro atoms. The number of hydrogen-bond acceptors (Lipinski definition) is 4. The number of rotatable bonds is 1. The Balaban J connectivity index is 2.10. The first kappa shape index (κ1) is 13.1. The number of para-hydroxylation sites is 2. The SMILES string of the molecule is Cc1cc(N2CC[C@H](O)C2)n2c(nc3ccccc32)c1C#N. The molecule has 3 aromatic rings. The molecule has 3 heterocycles. The van der Waals surface area contributed by atoms with Gasteiger partial charge in [-0.2, -0.15) is 5.26 Å². The van der Waals surface area contributed by atoms with Crippen LogP contribution in [0, 0.1) is 18.3 Å². The lowest BCUT2D eigenvalue weighted by molar-refractivity contribution is 0.198. The second-order valence-corrected chi connectivity index (χ2v) is 5.82. The smallest absolute Gasteiger partial charge is 0.157 e. The fourth-order valence-electron chi connectivity index (χ4n) is 3.25. The largest absolute Gasteiger partial charge is 0.391 e. The second-order valence-electron chi connectivity index (χ2n) is 5.82. The van der Waals surface area contributed by atoms with E-state index in [0.29, 0.717) is 17.8 Å². The van der Waals surface area contributed by atoms with Crippen LogP contribution in [0.1, 0.15) is 17.5 Å². The van der Waals surface area contributed by atoms with Gasteiger partial charge in [0.2, 0.25) is 0 Å². The van der Waals surface area contributed by atoms with Gasteiger partial charge in [0.1, 0.15) is 11.9 Å². The van der Waals surface area contributed by atoms with E-state index in [1.807, 2.05) is 41.7 Å². The number of nitriles is 1. The standard InChI is InChI=1S/C17H16N4O/c1-11-8-16(20-7-6-12(22)10-20)21-15-5-3-2-4-14(15)19-17(21)13(11)9-18/h2-5,8,12,22H,6-7,10H2,1H3/t12-/m0/s1. The average Bonchev–Trinajstić information content (AvgIpc) is 3.10. The fraction of sp³-hybridized carbons (Fsp3) is 0.294. The molecule has 1 atom stereocenters. The molecule has 22 heavy (non-hydrogen) atoms. The topological polar surface area (TPSA) is 64.6 Å². The van der Waals surface area contributed by atoms with Crippen molar-refractivity contribution >= 4 is 22.5 Å². The van der Waals surface area contributed by atoms with Crippen molar-refractivity contribution < 1.29 is 5.11 Å². The number of hydrogen-bond donors (Lipinski definition) is 1. The van der Waals surface area contributed by atoms with E-state index >= 15 is 0 Å². The van der Waals surface area contributed by atoms with Gasteiger partial charge in [-0.3, -0.25) is 4.40 Å². The van der Waals surface area contributed by atoms with Crippen LogP contribution in [-0.2, 0) is 0 Å². The third-order valence-corrected chi connectivity index (χ3v) is 4.35. The number of anilines is 1. The number of aromatic nitrogens is 2. The first-order valence-electron chi connectivity index (χ1n) is 7.43. The number of nitrogens with zero attached hydrogens (tertiary/aromatic N) is 4. The van der Waals surface area contributed by atoms with Crippen molar-refractivity contribution in [1.29, 1.82) is 5.26 Å². The summed E-state index contributed by atoms with van der Waals surface area (Å²) in [5, 5.41) is 19.3. The summed E-state index contributed by atoms with van der Waals surface area (Å²) < 4.78 is 2.04. The number of aryl methyl sites for hydroxylation is 1. The summed E-state index contributed by atoms with van der Waals surface area (Å²) in [6.45, 7) is 3.37. The molecule has 110 valence electrons. The van der Waals surface area contributed by atoms with Crippen molar-refractivity contribution in [2.75, 3.05) is 18.0 Å². The van der Waals surface area contributed by atoms with Crippen LogP contribution in [-0.4, -0.2) is 33.7 Å². The molecule has 0 radical (unpaired) electrons. The lowest BCUT2D eigenvalue weighted by Crippen LogP contribution is -2.23. The number of aliphatic hydroxyl groups is 1. The van der Waals surface area contributed by atoms with Crippen LogP contribution in [0.25, 0.3) is 16.7 Å². The molecule has 4 rings (SSSR count). The van der Waals surface area contributed by atoms with E-state index in [-0.39, 0.29) is 6.10 Å². The van der Waals surface area contributed by atoms with Gasteiger partial charge in [-0.1, -0.05) is 12.1 Å². The minimum atomic E-state index is -0.291. The Hall–Kier alpha value is -2.58.